The standard InChI is InChI=1S/C16H26ClNO2S/c1-13(2)18-12-15(5-4-10-21(3,19)20)11-14-6-8-16(17)9-7-14/h6-9,13,15,18H,4-5,10-12H2,1-3H3. The van der Waals surface area contributed by atoms with E-state index in [4.69, 9.17) is 11.6 Å². The van der Waals surface area contributed by atoms with Gasteiger partial charge in [-0.05, 0) is 49.4 Å². The number of sulfone groups is 1. The second-order valence-corrected chi connectivity index (χ2v) is 8.73. The van der Waals surface area contributed by atoms with Crippen LogP contribution < -0.4 is 5.32 Å². The van der Waals surface area contributed by atoms with E-state index in [0.717, 1.165) is 30.8 Å². The van der Waals surface area contributed by atoms with E-state index < -0.39 is 9.84 Å². The van der Waals surface area contributed by atoms with Crippen molar-refractivity contribution < 1.29 is 8.42 Å². The average molecular weight is 332 g/mol. The molecule has 0 aliphatic heterocycles. The molecule has 0 spiro atoms. The van der Waals surface area contributed by atoms with E-state index in [9.17, 15) is 8.42 Å². The third-order valence-electron chi connectivity index (χ3n) is 3.38. The van der Waals surface area contributed by atoms with E-state index in [-0.39, 0.29) is 5.75 Å². The van der Waals surface area contributed by atoms with Gasteiger partial charge in [0.1, 0.15) is 9.84 Å². The van der Waals surface area contributed by atoms with Crippen LogP contribution in [0.15, 0.2) is 24.3 Å². The molecule has 21 heavy (non-hydrogen) atoms. The Morgan fingerprint density at radius 3 is 2.33 bits per heavy atom. The summed E-state index contributed by atoms with van der Waals surface area (Å²) < 4.78 is 22.5. The molecule has 1 aromatic rings. The summed E-state index contributed by atoms with van der Waals surface area (Å²) in [5.74, 6) is 0.710. The average Bonchev–Trinajstić information content (AvgIpc) is 2.36. The topological polar surface area (TPSA) is 46.2 Å². The molecule has 120 valence electrons. The third-order valence-corrected chi connectivity index (χ3v) is 4.66. The lowest BCUT2D eigenvalue weighted by atomic mass is 9.95. The summed E-state index contributed by atoms with van der Waals surface area (Å²) in [6, 6.07) is 8.33. The molecule has 0 amide bonds. The van der Waals surface area contributed by atoms with Crippen LogP contribution in [-0.2, 0) is 16.3 Å². The number of hydrogen-bond donors (Lipinski definition) is 1. The maximum atomic E-state index is 11.2. The smallest absolute Gasteiger partial charge is 0.147 e. The highest BCUT2D eigenvalue weighted by molar-refractivity contribution is 7.90. The summed E-state index contributed by atoms with van der Waals surface area (Å²) in [7, 11) is -2.87. The van der Waals surface area contributed by atoms with Crippen molar-refractivity contribution in [2.24, 2.45) is 5.92 Å². The molecule has 1 N–H and O–H groups in total. The molecule has 1 aromatic carbocycles. The van der Waals surface area contributed by atoms with E-state index in [1.165, 1.54) is 11.8 Å². The fourth-order valence-corrected chi connectivity index (χ4v) is 3.08. The van der Waals surface area contributed by atoms with E-state index in [0.29, 0.717) is 12.0 Å². The number of rotatable bonds is 9. The van der Waals surface area contributed by atoms with Crippen LogP contribution in [0.2, 0.25) is 5.02 Å². The largest absolute Gasteiger partial charge is 0.314 e. The fourth-order valence-electron chi connectivity index (χ4n) is 2.27. The molecular weight excluding hydrogens is 306 g/mol. The maximum Gasteiger partial charge on any atom is 0.147 e. The molecule has 5 heteroatoms. The minimum absolute atomic E-state index is 0.270. The second-order valence-electron chi connectivity index (χ2n) is 6.03. The molecule has 0 saturated heterocycles. The molecule has 0 fully saturated rings. The van der Waals surface area contributed by atoms with Crippen molar-refractivity contribution >= 4 is 21.4 Å². The van der Waals surface area contributed by atoms with Crippen molar-refractivity contribution in [2.75, 3.05) is 18.6 Å². The van der Waals surface area contributed by atoms with Gasteiger partial charge in [-0.25, -0.2) is 8.42 Å². The molecule has 0 bridgehead atoms. The molecule has 0 saturated carbocycles. The van der Waals surface area contributed by atoms with E-state index in [1.54, 1.807) is 0 Å². The quantitative estimate of drug-likeness (QED) is 0.755. The Labute approximate surface area is 134 Å². The third kappa shape index (κ3) is 9.12. The van der Waals surface area contributed by atoms with E-state index in [1.807, 2.05) is 24.3 Å². The van der Waals surface area contributed by atoms with Gasteiger partial charge in [0.2, 0.25) is 0 Å². The summed E-state index contributed by atoms with van der Waals surface area (Å²) >= 11 is 5.91. The van der Waals surface area contributed by atoms with E-state index >= 15 is 0 Å². The van der Waals surface area contributed by atoms with Crippen LogP contribution in [-0.4, -0.2) is 33.0 Å². The molecule has 1 atom stereocenters. The molecule has 1 unspecified atom stereocenters. The van der Waals surface area contributed by atoms with Crippen LogP contribution in [0.4, 0.5) is 0 Å². The number of hydrogen-bond acceptors (Lipinski definition) is 3. The monoisotopic (exact) mass is 331 g/mol. The van der Waals surface area contributed by atoms with Gasteiger partial charge >= 0.3 is 0 Å². The Kier molecular flexibility index (Phi) is 7.71. The highest BCUT2D eigenvalue weighted by Gasteiger charge is 2.12. The first kappa shape index (κ1) is 18.5. The van der Waals surface area contributed by atoms with Crippen molar-refractivity contribution in [1.82, 2.24) is 5.32 Å². The lowest BCUT2D eigenvalue weighted by molar-refractivity contribution is 0.418. The summed E-state index contributed by atoms with van der Waals surface area (Å²) in [6.45, 7) is 5.15. The van der Waals surface area contributed by atoms with Crippen LogP contribution in [0, 0.1) is 5.92 Å². The Balaban J connectivity index is 2.56. The SMILES string of the molecule is CC(C)NCC(CCCS(C)(=O)=O)Cc1ccc(Cl)cc1. The first-order valence-electron chi connectivity index (χ1n) is 7.42. The lowest BCUT2D eigenvalue weighted by Crippen LogP contribution is -2.30. The zero-order chi connectivity index (χ0) is 15.9. The minimum atomic E-state index is -2.87. The van der Waals surface area contributed by atoms with Gasteiger partial charge in [-0.15, -0.1) is 0 Å². The zero-order valence-corrected chi connectivity index (χ0v) is 14.7. The lowest BCUT2D eigenvalue weighted by Gasteiger charge is -2.19. The van der Waals surface area contributed by atoms with Gasteiger partial charge in [-0.2, -0.15) is 0 Å². The Morgan fingerprint density at radius 1 is 1.19 bits per heavy atom. The molecule has 0 aliphatic rings. The van der Waals surface area contributed by atoms with Gasteiger partial charge in [-0.1, -0.05) is 37.6 Å². The van der Waals surface area contributed by atoms with Crippen molar-refractivity contribution in [2.45, 2.75) is 39.2 Å². The number of halogens is 1. The van der Waals surface area contributed by atoms with Crippen molar-refractivity contribution in [3.8, 4) is 0 Å². The Bertz CT molecular complexity index is 512. The fraction of sp³-hybridized carbons (Fsp3) is 0.625. The molecule has 0 radical (unpaired) electrons. The summed E-state index contributed by atoms with van der Waals surface area (Å²) in [5.41, 5.74) is 1.24. The second kappa shape index (κ2) is 8.76. The predicted molar refractivity (Wildman–Crippen MR) is 90.7 cm³/mol. The van der Waals surface area contributed by atoms with Gasteiger partial charge in [0.15, 0.2) is 0 Å². The summed E-state index contributed by atoms with van der Waals surface area (Å²) in [4.78, 5) is 0. The first-order valence-corrected chi connectivity index (χ1v) is 9.85. The van der Waals surface area contributed by atoms with E-state index in [2.05, 4.69) is 19.2 Å². The predicted octanol–water partition coefficient (Wildman–Crippen LogP) is 3.32. The normalized spacial score (nSPS) is 13.6. The molecule has 0 aliphatic carbocycles. The number of benzene rings is 1. The highest BCUT2D eigenvalue weighted by atomic mass is 35.5. The first-order chi connectivity index (χ1) is 9.76. The minimum Gasteiger partial charge on any atom is -0.314 e. The Morgan fingerprint density at radius 2 is 1.81 bits per heavy atom. The van der Waals surface area contributed by atoms with Gasteiger partial charge in [0, 0.05) is 23.1 Å². The molecular formula is C16H26ClNO2S. The number of nitrogens with one attached hydrogen (secondary N) is 1. The van der Waals surface area contributed by atoms with Crippen LogP contribution >= 0.6 is 11.6 Å². The van der Waals surface area contributed by atoms with Crippen molar-refractivity contribution in [3.05, 3.63) is 34.9 Å². The van der Waals surface area contributed by atoms with Crippen LogP contribution in [0.3, 0.4) is 0 Å². The van der Waals surface area contributed by atoms with Gasteiger partial charge in [0.05, 0.1) is 0 Å². The van der Waals surface area contributed by atoms with Crippen molar-refractivity contribution in [3.63, 3.8) is 0 Å². The van der Waals surface area contributed by atoms with Crippen molar-refractivity contribution in [1.29, 1.82) is 0 Å². The molecule has 1 rings (SSSR count). The summed E-state index contributed by atoms with van der Waals surface area (Å²) in [5, 5.41) is 4.19. The van der Waals surface area contributed by atoms with Crippen LogP contribution in [0.1, 0.15) is 32.3 Å². The highest BCUT2D eigenvalue weighted by Crippen LogP contribution is 2.17. The Hall–Kier alpha value is -0.580. The van der Waals surface area contributed by atoms with Crippen LogP contribution in [0.5, 0.6) is 0 Å². The van der Waals surface area contributed by atoms with Gasteiger partial charge in [-0.3, -0.25) is 0 Å². The molecule has 0 aromatic heterocycles. The molecule has 0 heterocycles. The maximum absolute atomic E-state index is 11.2. The van der Waals surface area contributed by atoms with Gasteiger partial charge < -0.3 is 5.32 Å². The molecule has 3 nitrogen and oxygen atoms in total. The van der Waals surface area contributed by atoms with Gasteiger partial charge in [0.25, 0.3) is 0 Å². The summed E-state index contributed by atoms with van der Waals surface area (Å²) in [6.07, 6.45) is 3.88. The van der Waals surface area contributed by atoms with Crippen LogP contribution in [0.25, 0.3) is 0 Å². The zero-order valence-electron chi connectivity index (χ0n) is 13.1.